The summed E-state index contributed by atoms with van der Waals surface area (Å²) in [6.07, 6.45) is 10.0. The fourth-order valence-electron chi connectivity index (χ4n) is 9.65. The Kier molecular flexibility index (Phi) is 7.44. The van der Waals surface area contributed by atoms with E-state index in [2.05, 4.69) is 46.0 Å². The summed E-state index contributed by atoms with van der Waals surface area (Å²) in [5.41, 5.74) is -1.00. The van der Waals surface area contributed by atoms with Crippen LogP contribution >= 0.6 is 0 Å². The predicted molar refractivity (Wildman–Crippen MR) is 142 cm³/mol. The Morgan fingerprint density at radius 1 is 1.14 bits per heavy atom. The van der Waals surface area contributed by atoms with Crippen LogP contribution in [0.15, 0.2) is 12.3 Å². The van der Waals surface area contributed by atoms with Gasteiger partial charge in [-0.3, -0.25) is 0 Å². The van der Waals surface area contributed by atoms with Crippen LogP contribution in [-0.2, 0) is 23.8 Å². The minimum absolute atomic E-state index is 0.00197. The summed E-state index contributed by atoms with van der Waals surface area (Å²) in [5, 5.41) is 13.9. The average Bonchev–Trinajstić information content (AvgIpc) is 3.34. The number of carbonyl (C=O) groups excluding carboxylic acids is 2. The fourth-order valence-corrected chi connectivity index (χ4v) is 9.65. The molecular formula is C30H49NO6. The van der Waals surface area contributed by atoms with Crippen molar-refractivity contribution in [2.24, 2.45) is 33.5 Å². The quantitative estimate of drug-likeness (QED) is 0.301. The van der Waals surface area contributed by atoms with Crippen molar-refractivity contribution in [2.75, 3.05) is 13.7 Å². The summed E-state index contributed by atoms with van der Waals surface area (Å²) in [6, 6.07) is 0. The number of aldehydes is 1. The predicted octanol–water partition coefficient (Wildman–Crippen LogP) is 4.41. The first-order valence-corrected chi connectivity index (χ1v) is 14.2. The van der Waals surface area contributed by atoms with Crippen LogP contribution in [-0.4, -0.2) is 61.0 Å². The van der Waals surface area contributed by atoms with Crippen molar-refractivity contribution in [3.8, 4) is 0 Å². The Balaban J connectivity index is 0.000000347. The number of esters is 1. The summed E-state index contributed by atoms with van der Waals surface area (Å²) in [7, 11) is 1.81. The molecule has 7 heteroatoms. The second kappa shape index (κ2) is 9.63. The molecular weight excluding hydrogens is 470 g/mol. The molecule has 0 aromatic heterocycles. The van der Waals surface area contributed by atoms with Crippen LogP contribution in [0.1, 0.15) is 87.0 Å². The largest absolute Gasteiger partial charge is 0.460 e. The zero-order chi connectivity index (χ0) is 27.4. The summed E-state index contributed by atoms with van der Waals surface area (Å²) < 4.78 is 18.4. The maximum atomic E-state index is 12.7. The highest BCUT2D eigenvalue weighted by Crippen LogP contribution is 2.78. The zero-order valence-electron chi connectivity index (χ0n) is 24.1. The number of aliphatic hydroxyl groups is 1. The molecule has 0 aromatic carbocycles. The molecule has 37 heavy (non-hydrogen) atoms. The number of fused-ring (bicyclic) bond motifs is 3. The van der Waals surface area contributed by atoms with Gasteiger partial charge in [0.15, 0.2) is 6.10 Å². The lowest BCUT2D eigenvalue weighted by molar-refractivity contribution is -0.273. The molecule has 3 aliphatic heterocycles. The Morgan fingerprint density at radius 3 is 2.35 bits per heavy atom. The van der Waals surface area contributed by atoms with E-state index in [-0.39, 0.29) is 45.9 Å². The third kappa shape index (κ3) is 3.77. The van der Waals surface area contributed by atoms with Crippen molar-refractivity contribution in [2.45, 2.75) is 117 Å². The van der Waals surface area contributed by atoms with E-state index in [1.807, 2.05) is 20.2 Å². The number of carbonyl (C=O) groups is 2. The third-order valence-electron chi connectivity index (χ3n) is 11.7. The highest BCUT2D eigenvalue weighted by molar-refractivity contribution is 5.82. The van der Waals surface area contributed by atoms with Crippen molar-refractivity contribution in [1.29, 1.82) is 0 Å². The average molecular weight is 520 g/mol. The Morgan fingerprint density at radius 2 is 1.81 bits per heavy atom. The SMILES string of the molecule is C1=CNCC1.CC=O.CO[C@@H]1CC2C(C)(C)[C@H](O)CC[C@]2(C)C2CC[C@@]3(C)[C@H](C)OC(=O)C4OC43[C@@]21C. The number of aliphatic hydroxyl groups excluding tert-OH is 1. The first-order chi connectivity index (χ1) is 17.3. The van der Waals surface area contributed by atoms with Crippen LogP contribution in [0, 0.1) is 33.5 Å². The number of hydrogen-bond donors (Lipinski definition) is 2. The second-order valence-corrected chi connectivity index (χ2v) is 13.4. The van der Waals surface area contributed by atoms with E-state index < -0.39 is 11.7 Å². The van der Waals surface area contributed by atoms with Crippen LogP contribution in [0.3, 0.4) is 0 Å². The van der Waals surface area contributed by atoms with E-state index in [9.17, 15) is 9.90 Å². The van der Waals surface area contributed by atoms with Gasteiger partial charge in [-0.05, 0) is 81.2 Å². The van der Waals surface area contributed by atoms with Crippen molar-refractivity contribution >= 4 is 12.3 Å². The molecule has 3 saturated carbocycles. The molecule has 6 aliphatic rings. The third-order valence-corrected chi connectivity index (χ3v) is 11.7. The van der Waals surface area contributed by atoms with Gasteiger partial charge in [0.05, 0.1) is 12.2 Å². The molecule has 2 saturated heterocycles. The molecule has 3 heterocycles. The zero-order valence-corrected chi connectivity index (χ0v) is 24.1. The normalized spacial score (nSPS) is 50.1. The minimum Gasteiger partial charge on any atom is -0.460 e. The molecule has 1 spiro atoms. The first kappa shape index (κ1) is 28.6. The Labute approximate surface area is 223 Å². The highest BCUT2D eigenvalue weighted by atomic mass is 16.7. The molecule has 5 fully saturated rings. The van der Waals surface area contributed by atoms with E-state index >= 15 is 0 Å². The summed E-state index contributed by atoms with van der Waals surface area (Å²) >= 11 is 0. The van der Waals surface area contributed by atoms with Crippen LogP contribution in [0.4, 0.5) is 0 Å². The molecule has 0 radical (unpaired) electrons. The van der Waals surface area contributed by atoms with Crippen LogP contribution < -0.4 is 5.32 Å². The molecule has 10 atom stereocenters. The maximum Gasteiger partial charge on any atom is 0.338 e. The molecule has 0 amide bonds. The lowest BCUT2D eigenvalue weighted by Crippen LogP contribution is -2.74. The molecule has 210 valence electrons. The topological polar surface area (TPSA) is 97.4 Å². The number of cyclic esters (lactones) is 1. The Bertz CT molecular complexity index is 914. The van der Waals surface area contributed by atoms with Crippen molar-refractivity contribution in [1.82, 2.24) is 5.32 Å². The Hall–Kier alpha value is -1.44. The molecule has 6 rings (SSSR count). The minimum atomic E-state index is -0.507. The van der Waals surface area contributed by atoms with Gasteiger partial charge in [0.2, 0.25) is 0 Å². The second-order valence-electron chi connectivity index (χ2n) is 13.4. The molecule has 4 unspecified atom stereocenters. The van der Waals surface area contributed by atoms with Crippen molar-refractivity contribution < 1.29 is 28.9 Å². The van der Waals surface area contributed by atoms with Crippen molar-refractivity contribution in [3.63, 3.8) is 0 Å². The van der Waals surface area contributed by atoms with Gasteiger partial charge in [-0.15, -0.1) is 0 Å². The standard InChI is InChI=1S/C24H38O5.C4H7N.C2H4O/c1-13-22(5)11-8-14-21(4)10-9-16(25)20(2,3)15(21)12-17(27-7)23(14,6)24(22)18(29-24)19(26)28-13;1-2-4-5-3-1;1-2-3/h13-18,25H,8-12H2,1-7H3;1,3,5H,2,4H2;2H,1H3/t13-,14?,15?,16+,17+,18?,21+,22-,23-,24?;;/m0../s1. The van der Waals surface area contributed by atoms with E-state index in [1.54, 1.807) is 0 Å². The van der Waals surface area contributed by atoms with E-state index in [0.29, 0.717) is 11.8 Å². The number of ether oxygens (including phenoxy) is 3. The van der Waals surface area contributed by atoms with Gasteiger partial charge < -0.3 is 29.4 Å². The van der Waals surface area contributed by atoms with Gasteiger partial charge in [0.1, 0.15) is 18.0 Å². The number of epoxide rings is 1. The van der Waals surface area contributed by atoms with Gasteiger partial charge in [-0.25, -0.2) is 4.79 Å². The molecule has 7 nitrogen and oxygen atoms in total. The van der Waals surface area contributed by atoms with Gasteiger partial charge in [0, 0.05) is 24.5 Å². The lowest BCUT2D eigenvalue weighted by Gasteiger charge is -2.70. The fraction of sp³-hybridized carbons (Fsp3) is 0.867. The van der Waals surface area contributed by atoms with E-state index in [1.165, 1.54) is 13.3 Å². The van der Waals surface area contributed by atoms with Crippen LogP contribution in [0.25, 0.3) is 0 Å². The number of nitrogens with one attached hydrogen (secondary N) is 1. The molecule has 2 N–H and O–H groups in total. The maximum absolute atomic E-state index is 12.7. The molecule has 0 bridgehead atoms. The smallest absolute Gasteiger partial charge is 0.338 e. The number of methoxy groups -OCH3 is 1. The highest BCUT2D eigenvalue weighted by Gasteiger charge is 2.87. The van der Waals surface area contributed by atoms with Crippen LogP contribution in [0.5, 0.6) is 0 Å². The molecule has 0 aromatic rings. The number of rotatable bonds is 1. The summed E-state index contributed by atoms with van der Waals surface area (Å²) in [6.45, 7) is 16.1. The number of hydrogen-bond acceptors (Lipinski definition) is 7. The van der Waals surface area contributed by atoms with Gasteiger partial charge in [-0.2, -0.15) is 0 Å². The van der Waals surface area contributed by atoms with Crippen LogP contribution in [0.2, 0.25) is 0 Å². The van der Waals surface area contributed by atoms with Crippen molar-refractivity contribution in [3.05, 3.63) is 12.3 Å². The monoisotopic (exact) mass is 519 g/mol. The van der Waals surface area contributed by atoms with E-state index in [0.717, 1.165) is 44.9 Å². The van der Waals surface area contributed by atoms with Gasteiger partial charge in [-0.1, -0.05) is 40.7 Å². The van der Waals surface area contributed by atoms with Gasteiger partial charge >= 0.3 is 5.97 Å². The lowest BCUT2D eigenvalue weighted by atomic mass is 9.35. The first-order valence-electron chi connectivity index (χ1n) is 14.2. The van der Waals surface area contributed by atoms with E-state index in [4.69, 9.17) is 19.0 Å². The summed E-state index contributed by atoms with van der Waals surface area (Å²) in [5.74, 6) is 0.577. The summed E-state index contributed by atoms with van der Waals surface area (Å²) in [4.78, 5) is 21.5. The molecule has 3 aliphatic carbocycles. The van der Waals surface area contributed by atoms with Gasteiger partial charge in [0.25, 0.3) is 0 Å².